The molecule has 0 spiro atoms. The zero-order valence-electron chi connectivity index (χ0n) is 9.52. The molecule has 0 aliphatic carbocycles. The van der Waals surface area contributed by atoms with E-state index < -0.39 is 0 Å². The van der Waals surface area contributed by atoms with Crippen LogP contribution in [-0.4, -0.2) is 12.6 Å². The molecule has 0 rings (SSSR count). The highest BCUT2D eigenvalue weighted by Crippen LogP contribution is 2.32. The molecule has 0 aliphatic heterocycles. The lowest BCUT2D eigenvalue weighted by Gasteiger charge is -2.32. The summed E-state index contributed by atoms with van der Waals surface area (Å²) in [6.45, 7) is 10.8. The number of hydrogen-bond donors (Lipinski definition) is 0. The summed E-state index contributed by atoms with van der Waals surface area (Å²) in [6, 6.07) is 0. The van der Waals surface area contributed by atoms with Crippen molar-refractivity contribution in [3.8, 4) is 0 Å². The molecular weight excluding hydrogens is 164 g/mol. The van der Waals surface area contributed by atoms with Gasteiger partial charge in [-0.15, -0.1) is 0 Å². The maximum Gasteiger partial charge on any atom is 0.302 e. The predicted octanol–water partition coefficient (Wildman–Crippen LogP) is 3.01. The van der Waals surface area contributed by atoms with Gasteiger partial charge in [0.2, 0.25) is 0 Å². The molecule has 1 atom stereocenters. The van der Waals surface area contributed by atoms with Crippen LogP contribution in [0.15, 0.2) is 0 Å². The van der Waals surface area contributed by atoms with E-state index in [4.69, 9.17) is 4.74 Å². The van der Waals surface area contributed by atoms with Crippen molar-refractivity contribution in [1.82, 2.24) is 0 Å². The Morgan fingerprint density at radius 3 is 2.23 bits per heavy atom. The average molecular weight is 186 g/mol. The minimum atomic E-state index is -0.176. The van der Waals surface area contributed by atoms with Crippen LogP contribution in [0.4, 0.5) is 0 Å². The fraction of sp³-hybridized carbons (Fsp3) is 0.909. The number of carbonyl (C=O) groups is 1. The Morgan fingerprint density at radius 1 is 1.38 bits per heavy atom. The van der Waals surface area contributed by atoms with Crippen LogP contribution >= 0.6 is 0 Å². The van der Waals surface area contributed by atoms with Gasteiger partial charge < -0.3 is 4.74 Å². The highest BCUT2D eigenvalue weighted by molar-refractivity contribution is 5.65. The Balaban J connectivity index is 4.09. The largest absolute Gasteiger partial charge is 0.466 e. The van der Waals surface area contributed by atoms with Crippen LogP contribution in [0.1, 0.15) is 47.5 Å². The van der Waals surface area contributed by atoms with Gasteiger partial charge in [0.15, 0.2) is 0 Å². The van der Waals surface area contributed by atoms with E-state index in [-0.39, 0.29) is 11.4 Å². The molecular formula is C11H22O2. The summed E-state index contributed by atoms with van der Waals surface area (Å²) >= 11 is 0. The Labute approximate surface area is 81.7 Å². The second-order valence-electron chi connectivity index (χ2n) is 4.25. The van der Waals surface area contributed by atoms with Crippen LogP contribution in [0.2, 0.25) is 0 Å². The molecule has 0 N–H and O–H groups in total. The van der Waals surface area contributed by atoms with Crippen molar-refractivity contribution < 1.29 is 9.53 Å². The number of carbonyl (C=O) groups excluding carboxylic acids is 1. The van der Waals surface area contributed by atoms with E-state index in [1.165, 1.54) is 6.92 Å². The number of hydrogen-bond acceptors (Lipinski definition) is 2. The summed E-state index contributed by atoms with van der Waals surface area (Å²) in [6.07, 6.45) is 2.18. The van der Waals surface area contributed by atoms with Crippen LogP contribution in [0.25, 0.3) is 0 Å². The molecule has 0 saturated heterocycles. The first-order chi connectivity index (χ1) is 5.94. The molecule has 13 heavy (non-hydrogen) atoms. The van der Waals surface area contributed by atoms with Crippen LogP contribution in [0.3, 0.4) is 0 Å². The summed E-state index contributed by atoms with van der Waals surface area (Å²) in [5, 5.41) is 0. The lowest BCUT2D eigenvalue weighted by Crippen LogP contribution is -2.27. The summed E-state index contributed by atoms with van der Waals surface area (Å²) in [5.74, 6) is 0.298. The molecule has 2 heteroatoms. The average Bonchev–Trinajstić information content (AvgIpc) is 2.04. The van der Waals surface area contributed by atoms with Crippen LogP contribution in [-0.2, 0) is 9.53 Å². The van der Waals surface area contributed by atoms with Crippen LogP contribution in [0, 0.1) is 11.3 Å². The molecule has 2 nitrogen and oxygen atoms in total. The van der Waals surface area contributed by atoms with E-state index >= 15 is 0 Å². The fourth-order valence-corrected chi connectivity index (χ4v) is 1.40. The molecule has 0 fully saturated rings. The van der Waals surface area contributed by atoms with Crippen molar-refractivity contribution in [3.05, 3.63) is 0 Å². The van der Waals surface area contributed by atoms with Gasteiger partial charge >= 0.3 is 5.97 Å². The monoisotopic (exact) mass is 186 g/mol. The summed E-state index contributed by atoms with van der Waals surface area (Å²) in [4.78, 5) is 10.7. The predicted molar refractivity (Wildman–Crippen MR) is 54.5 cm³/mol. The highest BCUT2D eigenvalue weighted by atomic mass is 16.5. The third-order valence-electron chi connectivity index (χ3n) is 3.00. The SMILES string of the molecule is CCC(COC(C)=O)C(C)(C)CC. The third-order valence-corrected chi connectivity index (χ3v) is 3.00. The van der Waals surface area contributed by atoms with Crippen molar-refractivity contribution >= 4 is 5.97 Å². The van der Waals surface area contributed by atoms with Gasteiger partial charge in [-0.1, -0.05) is 34.1 Å². The van der Waals surface area contributed by atoms with E-state index in [1.54, 1.807) is 0 Å². The van der Waals surface area contributed by atoms with E-state index in [9.17, 15) is 4.79 Å². The van der Waals surface area contributed by atoms with Crippen LogP contribution in [0.5, 0.6) is 0 Å². The van der Waals surface area contributed by atoms with Gasteiger partial charge in [0.05, 0.1) is 6.61 Å². The quantitative estimate of drug-likeness (QED) is 0.617. The molecule has 0 heterocycles. The van der Waals surface area contributed by atoms with Crippen molar-refractivity contribution in [2.24, 2.45) is 11.3 Å². The van der Waals surface area contributed by atoms with Gasteiger partial charge in [-0.25, -0.2) is 0 Å². The smallest absolute Gasteiger partial charge is 0.302 e. The maximum absolute atomic E-state index is 10.7. The van der Waals surface area contributed by atoms with E-state index in [0.717, 1.165) is 12.8 Å². The normalized spacial score (nSPS) is 13.9. The fourth-order valence-electron chi connectivity index (χ4n) is 1.40. The van der Waals surface area contributed by atoms with Crippen LogP contribution < -0.4 is 0 Å². The van der Waals surface area contributed by atoms with Crippen molar-refractivity contribution in [3.63, 3.8) is 0 Å². The van der Waals surface area contributed by atoms with Crippen molar-refractivity contribution in [2.45, 2.75) is 47.5 Å². The molecule has 0 aromatic rings. The van der Waals surface area contributed by atoms with Gasteiger partial charge in [0, 0.05) is 6.92 Å². The molecule has 0 saturated carbocycles. The van der Waals surface area contributed by atoms with Crippen molar-refractivity contribution in [2.75, 3.05) is 6.61 Å². The molecule has 0 aromatic carbocycles. The summed E-state index contributed by atoms with van der Waals surface area (Å²) < 4.78 is 5.04. The number of rotatable bonds is 5. The molecule has 0 amide bonds. The van der Waals surface area contributed by atoms with Crippen molar-refractivity contribution in [1.29, 1.82) is 0 Å². The lowest BCUT2D eigenvalue weighted by atomic mass is 9.76. The third kappa shape index (κ3) is 4.30. The maximum atomic E-state index is 10.7. The first-order valence-corrected chi connectivity index (χ1v) is 5.07. The van der Waals surface area contributed by atoms with Gasteiger partial charge in [-0.2, -0.15) is 0 Å². The first-order valence-electron chi connectivity index (χ1n) is 5.07. The minimum Gasteiger partial charge on any atom is -0.466 e. The molecule has 0 aliphatic rings. The minimum absolute atomic E-state index is 0.176. The second-order valence-corrected chi connectivity index (χ2v) is 4.25. The zero-order valence-corrected chi connectivity index (χ0v) is 9.52. The molecule has 0 aromatic heterocycles. The van der Waals surface area contributed by atoms with Gasteiger partial charge in [0.1, 0.15) is 0 Å². The van der Waals surface area contributed by atoms with E-state index in [1.807, 2.05) is 0 Å². The Kier molecular flexibility index (Phi) is 5.04. The molecule has 0 radical (unpaired) electrons. The van der Waals surface area contributed by atoms with Gasteiger partial charge in [-0.3, -0.25) is 4.79 Å². The summed E-state index contributed by atoms with van der Waals surface area (Å²) in [5.41, 5.74) is 0.268. The highest BCUT2D eigenvalue weighted by Gasteiger charge is 2.26. The summed E-state index contributed by atoms with van der Waals surface area (Å²) in [7, 11) is 0. The van der Waals surface area contributed by atoms with Gasteiger partial charge in [-0.05, 0) is 17.8 Å². The lowest BCUT2D eigenvalue weighted by molar-refractivity contribution is -0.143. The van der Waals surface area contributed by atoms with Gasteiger partial charge in [0.25, 0.3) is 0 Å². The number of esters is 1. The molecule has 78 valence electrons. The Hall–Kier alpha value is -0.530. The zero-order chi connectivity index (χ0) is 10.5. The van der Waals surface area contributed by atoms with E-state index in [0.29, 0.717) is 12.5 Å². The first kappa shape index (κ1) is 12.5. The standard InChI is InChI=1S/C11H22O2/c1-6-10(8-13-9(3)12)11(4,5)7-2/h10H,6-8H2,1-5H3. The molecule has 0 bridgehead atoms. The Bertz CT molecular complexity index is 161. The topological polar surface area (TPSA) is 26.3 Å². The number of ether oxygens (including phenoxy) is 1. The molecule has 1 unspecified atom stereocenters. The Morgan fingerprint density at radius 2 is 1.92 bits per heavy atom. The second kappa shape index (κ2) is 5.25. The van der Waals surface area contributed by atoms with E-state index in [2.05, 4.69) is 27.7 Å².